The molecule has 0 fully saturated rings. The van der Waals surface area contributed by atoms with Crippen molar-refractivity contribution in [3.8, 4) is 5.75 Å². The van der Waals surface area contributed by atoms with Crippen molar-refractivity contribution in [2.45, 2.75) is 37.8 Å². The second-order valence-electron chi connectivity index (χ2n) is 8.09. The van der Waals surface area contributed by atoms with E-state index in [0.29, 0.717) is 25.1 Å². The van der Waals surface area contributed by atoms with Crippen molar-refractivity contribution in [1.29, 1.82) is 0 Å². The number of ether oxygens (including phenoxy) is 1. The van der Waals surface area contributed by atoms with E-state index in [1.807, 2.05) is 60.7 Å². The molecule has 6 nitrogen and oxygen atoms in total. The Kier molecular flexibility index (Phi) is 8.25. The number of rotatable bonds is 10. The Balaban J connectivity index is 1.93. The fourth-order valence-corrected chi connectivity index (χ4v) is 4.99. The molecule has 33 heavy (non-hydrogen) atoms. The van der Waals surface area contributed by atoms with Gasteiger partial charge in [0.1, 0.15) is 10.6 Å². The van der Waals surface area contributed by atoms with Gasteiger partial charge in [-0.15, -0.1) is 0 Å². The van der Waals surface area contributed by atoms with E-state index in [2.05, 4.69) is 4.72 Å². The maximum absolute atomic E-state index is 13.5. The van der Waals surface area contributed by atoms with Crippen LogP contribution >= 0.6 is 0 Å². The number of hydrogen-bond donors (Lipinski definition) is 1. The van der Waals surface area contributed by atoms with E-state index < -0.39 is 10.0 Å². The fraction of sp³-hybridized carbons (Fsp3) is 0.269. The van der Waals surface area contributed by atoms with Crippen LogP contribution in [0, 0.1) is 0 Å². The van der Waals surface area contributed by atoms with E-state index in [-0.39, 0.29) is 22.6 Å². The van der Waals surface area contributed by atoms with Crippen molar-refractivity contribution >= 4 is 15.9 Å². The zero-order chi connectivity index (χ0) is 23.8. The predicted molar refractivity (Wildman–Crippen MR) is 130 cm³/mol. The molecule has 174 valence electrons. The lowest BCUT2D eigenvalue weighted by atomic mass is 10.1. The Morgan fingerprint density at radius 2 is 1.55 bits per heavy atom. The van der Waals surface area contributed by atoms with Gasteiger partial charge in [-0.25, -0.2) is 13.1 Å². The first kappa shape index (κ1) is 24.5. The molecule has 0 heterocycles. The molecule has 0 radical (unpaired) electrons. The van der Waals surface area contributed by atoms with Crippen molar-refractivity contribution in [3.63, 3.8) is 0 Å². The zero-order valence-corrected chi connectivity index (χ0v) is 20.0. The number of nitrogens with one attached hydrogen (secondary N) is 1. The topological polar surface area (TPSA) is 75.7 Å². The van der Waals surface area contributed by atoms with Crippen molar-refractivity contribution in [2.75, 3.05) is 13.7 Å². The van der Waals surface area contributed by atoms with Crippen LogP contribution in [0.5, 0.6) is 5.75 Å². The molecule has 0 aliphatic heterocycles. The molecule has 3 aromatic carbocycles. The van der Waals surface area contributed by atoms with Crippen molar-refractivity contribution in [3.05, 3.63) is 95.6 Å². The number of nitrogens with zero attached hydrogens (tertiary/aromatic N) is 1. The Hall–Kier alpha value is -3.16. The van der Waals surface area contributed by atoms with Gasteiger partial charge in [-0.05, 0) is 49.6 Å². The monoisotopic (exact) mass is 466 g/mol. The lowest BCUT2D eigenvalue weighted by Crippen LogP contribution is -2.33. The average Bonchev–Trinajstić information content (AvgIpc) is 2.81. The van der Waals surface area contributed by atoms with Crippen LogP contribution in [0.2, 0.25) is 0 Å². The lowest BCUT2D eigenvalue weighted by Gasteiger charge is -2.24. The maximum atomic E-state index is 13.5. The van der Waals surface area contributed by atoms with Gasteiger partial charge >= 0.3 is 0 Å². The maximum Gasteiger partial charge on any atom is 0.254 e. The Morgan fingerprint density at radius 1 is 0.939 bits per heavy atom. The molecule has 1 amide bonds. The Morgan fingerprint density at radius 3 is 2.12 bits per heavy atom. The highest BCUT2D eigenvalue weighted by molar-refractivity contribution is 7.89. The summed E-state index contributed by atoms with van der Waals surface area (Å²) in [6.07, 6.45) is 0.690. The third-order valence-electron chi connectivity index (χ3n) is 5.11. The molecule has 1 N–H and O–H groups in total. The quantitative estimate of drug-likeness (QED) is 0.484. The number of hydrogen-bond acceptors (Lipinski definition) is 4. The first-order valence-corrected chi connectivity index (χ1v) is 12.4. The number of benzene rings is 3. The summed E-state index contributed by atoms with van der Waals surface area (Å²) in [5, 5.41) is 0. The summed E-state index contributed by atoms with van der Waals surface area (Å²) in [5.41, 5.74) is 2.42. The minimum Gasteiger partial charge on any atom is -0.495 e. The third-order valence-corrected chi connectivity index (χ3v) is 6.79. The molecule has 0 aliphatic rings. The normalized spacial score (nSPS) is 11.4. The Bertz CT molecular complexity index is 1160. The minimum atomic E-state index is -3.84. The van der Waals surface area contributed by atoms with Gasteiger partial charge in [-0.3, -0.25) is 4.79 Å². The van der Waals surface area contributed by atoms with Gasteiger partial charge in [-0.1, -0.05) is 60.7 Å². The summed E-state index contributed by atoms with van der Waals surface area (Å²) in [6, 6.07) is 23.9. The van der Waals surface area contributed by atoms with E-state index in [4.69, 9.17) is 4.74 Å². The van der Waals surface area contributed by atoms with Crippen LogP contribution in [0.15, 0.2) is 83.8 Å². The van der Waals surface area contributed by atoms with Crippen LogP contribution in [0.4, 0.5) is 0 Å². The van der Waals surface area contributed by atoms with Crippen LogP contribution in [0.25, 0.3) is 0 Å². The fourth-order valence-electron chi connectivity index (χ4n) is 3.54. The summed E-state index contributed by atoms with van der Waals surface area (Å²) < 4.78 is 33.5. The van der Waals surface area contributed by atoms with Gasteiger partial charge in [0.25, 0.3) is 5.91 Å². The van der Waals surface area contributed by atoms with E-state index >= 15 is 0 Å². The van der Waals surface area contributed by atoms with Crippen LogP contribution < -0.4 is 9.46 Å². The van der Waals surface area contributed by atoms with Crippen molar-refractivity contribution < 1.29 is 17.9 Å². The first-order chi connectivity index (χ1) is 15.8. The molecule has 0 aromatic heterocycles. The molecule has 0 unspecified atom stereocenters. The number of carbonyl (C=O) groups is 1. The molecule has 0 saturated heterocycles. The molecule has 0 spiro atoms. The number of amides is 1. The van der Waals surface area contributed by atoms with Gasteiger partial charge in [0.15, 0.2) is 0 Å². The molecular weight excluding hydrogens is 436 g/mol. The summed E-state index contributed by atoms with van der Waals surface area (Å²) in [4.78, 5) is 15.2. The first-order valence-electron chi connectivity index (χ1n) is 10.9. The van der Waals surface area contributed by atoms with Crippen molar-refractivity contribution in [2.24, 2.45) is 0 Å². The largest absolute Gasteiger partial charge is 0.495 e. The van der Waals surface area contributed by atoms with Gasteiger partial charge < -0.3 is 9.64 Å². The van der Waals surface area contributed by atoms with E-state index in [0.717, 1.165) is 11.1 Å². The molecule has 0 atom stereocenters. The number of sulfonamides is 1. The summed E-state index contributed by atoms with van der Waals surface area (Å²) in [6.45, 7) is 4.40. The van der Waals surface area contributed by atoms with Crippen LogP contribution in [0.1, 0.15) is 35.3 Å². The average molecular weight is 467 g/mol. The highest BCUT2D eigenvalue weighted by Gasteiger charge is 2.24. The standard InChI is InChI=1S/C26H30N2O4S/c1-20(2)27-33(30,31)25-18-23(14-15-24(25)32-3)26(29)28(19-22-12-8-5-9-13-22)17-16-21-10-6-4-7-11-21/h4-15,18,20,27H,16-17,19H2,1-3H3. The molecule has 3 rings (SSSR count). The van der Waals surface area contributed by atoms with Gasteiger partial charge in [0.05, 0.1) is 7.11 Å². The van der Waals surface area contributed by atoms with Gasteiger partial charge in [-0.2, -0.15) is 0 Å². The number of methoxy groups -OCH3 is 1. The zero-order valence-electron chi connectivity index (χ0n) is 19.2. The third kappa shape index (κ3) is 6.66. The van der Waals surface area contributed by atoms with Crippen molar-refractivity contribution in [1.82, 2.24) is 9.62 Å². The second-order valence-corrected chi connectivity index (χ2v) is 9.77. The highest BCUT2D eigenvalue weighted by Crippen LogP contribution is 2.26. The Labute approximate surface area is 196 Å². The predicted octanol–water partition coefficient (Wildman–Crippen LogP) is 4.27. The van der Waals surface area contributed by atoms with Gasteiger partial charge in [0, 0.05) is 24.7 Å². The van der Waals surface area contributed by atoms with E-state index in [1.54, 1.807) is 24.8 Å². The molecule has 0 aliphatic carbocycles. The minimum absolute atomic E-state index is 0.0488. The molecule has 0 saturated carbocycles. The number of carbonyl (C=O) groups excluding carboxylic acids is 1. The molecule has 0 bridgehead atoms. The molecule has 7 heteroatoms. The van der Waals surface area contributed by atoms with Crippen LogP contribution in [-0.4, -0.2) is 38.9 Å². The summed E-state index contributed by atoms with van der Waals surface area (Å²) in [5.74, 6) is -0.0444. The second kappa shape index (κ2) is 11.1. The highest BCUT2D eigenvalue weighted by atomic mass is 32.2. The molecular formula is C26H30N2O4S. The SMILES string of the molecule is COc1ccc(C(=O)N(CCc2ccccc2)Cc2ccccc2)cc1S(=O)(=O)NC(C)C. The molecule has 3 aromatic rings. The lowest BCUT2D eigenvalue weighted by molar-refractivity contribution is 0.0745. The van der Waals surface area contributed by atoms with Crippen LogP contribution in [0.3, 0.4) is 0 Å². The van der Waals surface area contributed by atoms with E-state index in [9.17, 15) is 13.2 Å². The van der Waals surface area contributed by atoms with Gasteiger partial charge in [0.2, 0.25) is 10.0 Å². The smallest absolute Gasteiger partial charge is 0.254 e. The van der Waals surface area contributed by atoms with Crippen LogP contribution in [-0.2, 0) is 23.0 Å². The summed E-state index contributed by atoms with van der Waals surface area (Å²) >= 11 is 0. The van der Waals surface area contributed by atoms with E-state index in [1.165, 1.54) is 19.2 Å². The summed E-state index contributed by atoms with van der Waals surface area (Å²) in [7, 11) is -2.43.